The number of benzene rings is 3. The second kappa shape index (κ2) is 9.69. The highest BCUT2D eigenvalue weighted by Gasteiger charge is 2.40. The van der Waals surface area contributed by atoms with E-state index in [0.717, 1.165) is 22.4 Å². The molecule has 1 N–H and O–H groups in total. The lowest BCUT2D eigenvalue weighted by molar-refractivity contribution is -0.125. The van der Waals surface area contributed by atoms with Gasteiger partial charge >= 0.3 is 0 Å². The molecule has 4 rings (SSSR count). The van der Waals surface area contributed by atoms with Crippen molar-refractivity contribution in [2.45, 2.75) is 19.4 Å². The summed E-state index contributed by atoms with van der Waals surface area (Å²) in [7, 11) is 1.63. The van der Waals surface area contributed by atoms with Crippen LogP contribution >= 0.6 is 0 Å². The van der Waals surface area contributed by atoms with Crippen LogP contribution in [-0.4, -0.2) is 36.9 Å². The summed E-state index contributed by atoms with van der Waals surface area (Å²) in [4.78, 5) is 28.2. The highest BCUT2D eigenvalue weighted by Crippen LogP contribution is 2.34. The third-order valence-electron chi connectivity index (χ3n) is 6.10. The molecule has 1 saturated heterocycles. The molecule has 0 aliphatic carbocycles. The molecule has 1 fully saturated rings. The van der Waals surface area contributed by atoms with Gasteiger partial charge in [-0.3, -0.25) is 9.59 Å². The molecule has 0 spiro atoms. The van der Waals surface area contributed by atoms with E-state index in [9.17, 15) is 9.59 Å². The van der Waals surface area contributed by atoms with Crippen LogP contribution in [0.15, 0.2) is 78.9 Å². The van der Waals surface area contributed by atoms with Crippen LogP contribution in [0, 0.1) is 12.8 Å². The van der Waals surface area contributed by atoms with Gasteiger partial charge in [-0.25, -0.2) is 0 Å². The highest BCUT2D eigenvalue weighted by molar-refractivity contribution is 5.95. The maximum atomic E-state index is 13.2. The third kappa shape index (κ3) is 4.83. The van der Waals surface area contributed by atoms with Crippen molar-refractivity contribution in [3.05, 3.63) is 101 Å². The van der Waals surface area contributed by atoms with Crippen molar-refractivity contribution in [3.8, 4) is 5.75 Å². The molecule has 0 saturated carbocycles. The summed E-state index contributed by atoms with van der Waals surface area (Å²) < 4.78 is 5.28. The van der Waals surface area contributed by atoms with E-state index < -0.39 is 0 Å². The third-order valence-corrected chi connectivity index (χ3v) is 6.10. The average molecular weight is 429 g/mol. The second-order valence-electron chi connectivity index (χ2n) is 8.27. The Kier molecular flexibility index (Phi) is 6.55. The highest BCUT2D eigenvalue weighted by atomic mass is 16.5. The van der Waals surface area contributed by atoms with Crippen molar-refractivity contribution in [2.75, 3.05) is 20.2 Å². The topological polar surface area (TPSA) is 58.6 Å². The molecule has 0 aromatic heterocycles. The zero-order valence-electron chi connectivity index (χ0n) is 18.5. The number of nitrogens with zero attached hydrogens (tertiary/aromatic N) is 1. The quantitative estimate of drug-likeness (QED) is 0.641. The summed E-state index contributed by atoms with van der Waals surface area (Å²) in [5.74, 6) is 0.299. The van der Waals surface area contributed by atoms with Gasteiger partial charge in [-0.2, -0.15) is 0 Å². The minimum atomic E-state index is -0.318. The van der Waals surface area contributed by atoms with Gasteiger partial charge in [0.25, 0.3) is 5.91 Å². The van der Waals surface area contributed by atoms with Crippen LogP contribution in [0.1, 0.15) is 33.0 Å². The van der Waals surface area contributed by atoms with Gasteiger partial charge in [-0.15, -0.1) is 0 Å². The predicted molar refractivity (Wildman–Crippen MR) is 125 cm³/mol. The lowest BCUT2D eigenvalue weighted by atomic mass is 9.88. The Morgan fingerprint density at radius 2 is 1.62 bits per heavy atom. The molecule has 0 bridgehead atoms. The molecule has 164 valence electrons. The number of aryl methyl sites for hydroxylation is 1. The van der Waals surface area contributed by atoms with E-state index >= 15 is 0 Å². The van der Waals surface area contributed by atoms with Crippen LogP contribution < -0.4 is 10.1 Å². The number of rotatable bonds is 6. The summed E-state index contributed by atoms with van der Waals surface area (Å²) in [6, 6.07) is 25.2. The summed E-state index contributed by atoms with van der Waals surface area (Å²) in [6.07, 6.45) is 0. The maximum Gasteiger partial charge on any atom is 0.253 e. The SMILES string of the molecule is COc1ccc([C@H]2CN(C(=O)c3ccc(C)cc3)C[C@@H]2C(=O)NCc2ccccc2)cc1. The minimum absolute atomic E-state index is 0.0334. The first-order valence-corrected chi connectivity index (χ1v) is 10.9. The van der Waals surface area contributed by atoms with Gasteiger partial charge in [-0.1, -0.05) is 60.2 Å². The molecular weight excluding hydrogens is 400 g/mol. The fraction of sp³-hybridized carbons (Fsp3) is 0.259. The Hall–Kier alpha value is -3.60. The summed E-state index contributed by atoms with van der Waals surface area (Å²) >= 11 is 0. The van der Waals surface area contributed by atoms with Crippen molar-refractivity contribution >= 4 is 11.8 Å². The number of nitrogens with one attached hydrogen (secondary N) is 1. The number of amides is 2. The van der Waals surface area contributed by atoms with Crippen molar-refractivity contribution in [2.24, 2.45) is 5.92 Å². The molecule has 32 heavy (non-hydrogen) atoms. The fourth-order valence-corrected chi connectivity index (χ4v) is 4.22. The number of hydrogen-bond acceptors (Lipinski definition) is 3. The molecule has 1 aliphatic rings. The molecule has 5 nitrogen and oxygen atoms in total. The Morgan fingerprint density at radius 1 is 0.938 bits per heavy atom. The summed E-state index contributed by atoms with van der Waals surface area (Å²) in [6.45, 7) is 3.36. The first-order valence-electron chi connectivity index (χ1n) is 10.9. The average Bonchev–Trinajstić information content (AvgIpc) is 3.29. The number of ether oxygens (including phenoxy) is 1. The van der Waals surface area contributed by atoms with Gasteiger partial charge in [0.05, 0.1) is 13.0 Å². The zero-order chi connectivity index (χ0) is 22.5. The number of methoxy groups -OCH3 is 1. The van der Waals surface area contributed by atoms with E-state index in [1.807, 2.05) is 85.8 Å². The van der Waals surface area contributed by atoms with Crippen molar-refractivity contribution in [1.82, 2.24) is 10.2 Å². The molecule has 1 aliphatic heterocycles. The van der Waals surface area contributed by atoms with Crippen LogP contribution in [0.2, 0.25) is 0 Å². The van der Waals surface area contributed by atoms with Gasteiger partial charge in [-0.05, 0) is 42.3 Å². The van der Waals surface area contributed by atoms with E-state index in [0.29, 0.717) is 25.2 Å². The minimum Gasteiger partial charge on any atom is -0.497 e. The Bertz CT molecular complexity index is 1060. The van der Waals surface area contributed by atoms with E-state index in [-0.39, 0.29) is 23.7 Å². The fourth-order valence-electron chi connectivity index (χ4n) is 4.22. The molecule has 5 heteroatoms. The molecule has 0 radical (unpaired) electrons. The van der Waals surface area contributed by atoms with E-state index in [1.165, 1.54) is 0 Å². The molecule has 2 atom stereocenters. The molecular formula is C27H28N2O3. The number of carbonyl (C=O) groups excluding carboxylic acids is 2. The Labute approximate surface area is 189 Å². The molecule has 2 amide bonds. The largest absolute Gasteiger partial charge is 0.497 e. The van der Waals surface area contributed by atoms with Gasteiger partial charge in [0.15, 0.2) is 0 Å². The van der Waals surface area contributed by atoms with Crippen LogP contribution in [-0.2, 0) is 11.3 Å². The van der Waals surface area contributed by atoms with Crippen LogP contribution in [0.25, 0.3) is 0 Å². The smallest absolute Gasteiger partial charge is 0.253 e. The van der Waals surface area contributed by atoms with Gasteiger partial charge < -0.3 is 15.0 Å². The predicted octanol–water partition coefficient (Wildman–Crippen LogP) is 4.18. The first kappa shape index (κ1) is 21.6. The van der Waals surface area contributed by atoms with Crippen molar-refractivity contribution < 1.29 is 14.3 Å². The number of carbonyl (C=O) groups is 2. The lowest BCUT2D eigenvalue weighted by Gasteiger charge is -2.18. The number of hydrogen-bond donors (Lipinski definition) is 1. The monoisotopic (exact) mass is 428 g/mol. The van der Waals surface area contributed by atoms with Crippen molar-refractivity contribution in [1.29, 1.82) is 0 Å². The maximum absolute atomic E-state index is 13.2. The normalized spacial score (nSPS) is 17.8. The van der Waals surface area contributed by atoms with Crippen LogP contribution in [0.5, 0.6) is 5.75 Å². The Balaban J connectivity index is 1.54. The summed E-state index contributed by atoms with van der Waals surface area (Å²) in [5, 5.41) is 3.07. The van der Waals surface area contributed by atoms with Gasteiger partial charge in [0, 0.05) is 31.1 Å². The molecule has 3 aromatic rings. The molecule has 1 heterocycles. The Morgan fingerprint density at radius 3 is 2.28 bits per heavy atom. The summed E-state index contributed by atoms with van der Waals surface area (Å²) in [5.41, 5.74) is 3.84. The first-order chi connectivity index (χ1) is 15.5. The molecule has 0 unspecified atom stereocenters. The molecule has 3 aromatic carbocycles. The standard InChI is InChI=1S/C27H28N2O3/c1-19-8-10-22(11-9-19)27(31)29-17-24(21-12-14-23(32-2)15-13-21)25(18-29)26(30)28-16-20-6-4-3-5-7-20/h3-15,24-25H,16-18H2,1-2H3,(H,28,30)/t24-,25+/m1/s1. The van der Waals surface area contributed by atoms with E-state index in [2.05, 4.69) is 5.32 Å². The van der Waals surface area contributed by atoms with Crippen molar-refractivity contribution in [3.63, 3.8) is 0 Å². The van der Waals surface area contributed by atoms with Crippen LogP contribution in [0.4, 0.5) is 0 Å². The second-order valence-corrected chi connectivity index (χ2v) is 8.27. The van der Waals surface area contributed by atoms with Gasteiger partial charge in [0.1, 0.15) is 5.75 Å². The van der Waals surface area contributed by atoms with E-state index in [1.54, 1.807) is 12.0 Å². The number of likely N-dealkylation sites (tertiary alicyclic amines) is 1. The van der Waals surface area contributed by atoms with Crippen LogP contribution in [0.3, 0.4) is 0 Å². The zero-order valence-corrected chi connectivity index (χ0v) is 18.5. The van der Waals surface area contributed by atoms with Gasteiger partial charge in [0.2, 0.25) is 5.91 Å². The lowest BCUT2D eigenvalue weighted by Crippen LogP contribution is -2.35. The van der Waals surface area contributed by atoms with E-state index in [4.69, 9.17) is 4.74 Å².